The molecular weight excluding hydrogens is 200 g/mol. The van der Waals surface area contributed by atoms with Crippen molar-refractivity contribution in [1.82, 2.24) is 5.43 Å². The molecule has 0 saturated carbocycles. The van der Waals surface area contributed by atoms with E-state index in [1.807, 2.05) is 0 Å². The molecule has 6 N–H and O–H groups in total. The van der Waals surface area contributed by atoms with Gasteiger partial charge in [-0.05, 0) is 24.4 Å². The molecule has 0 unspecified atom stereocenters. The van der Waals surface area contributed by atoms with Crippen LogP contribution in [0.2, 0.25) is 0 Å². The van der Waals surface area contributed by atoms with Crippen molar-refractivity contribution in [2.24, 2.45) is 10.8 Å². The minimum atomic E-state index is 0.0542. The summed E-state index contributed by atoms with van der Waals surface area (Å²) in [5.74, 6) is 0.0542. The molecule has 1 rings (SSSR count). The molecule has 1 aromatic rings. The van der Waals surface area contributed by atoms with Crippen molar-refractivity contribution in [3.05, 3.63) is 23.8 Å². The van der Waals surface area contributed by atoms with E-state index in [4.69, 9.17) is 11.5 Å². The van der Waals surface area contributed by atoms with E-state index in [1.165, 1.54) is 12.3 Å². The molecule has 0 radical (unpaired) electrons. The molecule has 0 aromatic heterocycles. The second kappa shape index (κ2) is 4.43. The predicted octanol–water partition coefficient (Wildman–Crippen LogP) is 0.141. The second-order valence-corrected chi connectivity index (χ2v) is 2.99. The van der Waals surface area contributed by atoms with Crippen LogP contribution in [-0.4, -0.2) is 16.4 Å². The zero-order valence-corrected chi connectivity index (χ0v) is 8.08. The van der Waals surface area contributed by atoms with Crippen molar-refractivity contribution in [2.45, 2.75) is 0 Å². The number of phenols is 1. The number of benzene rings is 1. The van der Waals surface area contributed by atoms with Gasteiger partial charge in [0.1, 0.15) is 5.75 Å². The molecule has 0 spiro atoms. The molecule has 0 atom stereocenters. The number of hydrogen-bond acceptors (Lipinski definition) is 4. The van der Waals surface area contributed by atoms with E-state index in [2.05, 4.69) is 22.7 Å². The zero-order chi connectivity index (χ0) is 10.6. The van der Waals surface area contributed by atoms with Gasteiger partial charge in [0.2, 0.25) is 0 Å². The fourth-order valence-electron chi connectivity index (χ4n) is 0.835. The average molecular weight is 210 g/mol. The van der Waals surface area contributed by atoms with Gasteiger partial charge in [0.15, 0.2) is 5.11 Å². The topological polar surface area (TPSA) is 96.7 Å². The van der Waals surface area contributed by atoms with E-state index < -0.39 is 0 Å². The van der Waals surface area contributed by atoms with E-state index in [-0.39, 0.29) is 10.9 Å². The Morgan fingerprint density at radius 1 is 1.57 bits per heavy atom. The monoisotopic (exact) mass is 210 g/mol. The van der Waals surface area contributed by atoms with E-state index in [9.17, 15) is 5.11 Å². The summed E-state index contributed by atoms with van der Waals surface area (Å²) >= 11 is 4.53. The second-order valence-electron chi connectivity index (χ2n) is 2.55. The van der Waals surface area contributed by atoms with Crippen molar-refractivity contribution >= 4 is 29.2 Å². The summed E-state index contributed by atoms with van der Waals surface area (Å²) in [6.07, 6.45) is 1.40. The summed E-state index contributed by atoms with van der Waals surface area (Å²) in [6, 6.07) is 4.72. The van der Waals surface area contributed by atoms with Crippen molar-refractivity contribution in [2.75, 3.05) is 5.73 Å². The maximum atomic E-state index is 9.39. The number of phenolic OH excluding ortho intramolecular Hbond substituents is 1. The largest absolute Gasteiger partial charge is 0.507 e. The number of hydrazone groups is 1. The third-order valence-corrected chi connectivity index (χ3v) is 1.52. The lowest BCUT2D eigenvalue weighted by atomic mass is 10.2. The SMILES string of the molecule is NC(=S)NN=Cc1ccc(N)cc1O. The lowest BCUT2D eigenvalue weighted by Crippen LogP contribution is -2.23. The van der Waals surface area contributed by atoms with Crippen LogP contribution in [-0.2, 0) is 0 Å². The summed E-state index contributed by atoms with van der Waals surface area (Å²) < 4.78 is 0. The Kier molecular flexibility index (Phi) is 3.24. The molecular formula is C8H10N4OS. The van der Waals surface area contributed by atoms with Crippen LogP contribution >= 0.6 is 12.2 Å². The van der Waals surface area contributed by atoms with Gasteiger partial charge >= 0.3 is 0 Å². The van der Waals surface area contributed by atoms with Crippen LogP contribution in [0.15, 0.2) is 23.3 Å². The third kappa shape index (κ3) is 2.91. The molecule has 5 nitrogen and oxygen atoms in total. The smallest absolute Gasteiger partial charge is 0.184 e. The van der Waals surface area contributed by atoms with E-state index in [0.717, 1.165) is 0 Å². The Bertz CT molecular complexity index is 378. The molecule has 74 valence electrons. The summed E-state index contributed by atoms with van der Waals surface area (Å²) in [5.41, 5.74) is 14.0. The predicted molar refractivity (Wildman–Crippen MR) is 60.0 cm³/mol. The summed E-state index contributed by atoms with van der Waals surface area (Å²) in [4.78, 5) is 0. The summed E-state index contributed by atoms with van der Waals surface area (Å²) in [6.45, 7) is 0. The van der Waals surface area contributed by atoms with Gasteiger partial charge < -0.3 is 16.6 Å². The van der Waals surface area contributed by atoms with Crippen LogP contribution in [0.25, 0.3) is 0 Å². The van der Waals surface area contributed by atoms with Crippen LogP contribution in [0.3, 0.4) is 0 Å². The van der Waals surface area contributed by atoms with Gasteiger partial charge in [-0.25, -0.2) is 0 Å². The van der Waals surface area contributed by atoms with Crippen molar-refractivity contribution in [1.29, 1.82) is 0 Å². The molecule has 6 heteroatoms. The van der Waals surface area contributed by atoms with Crippen LogP contribution in [0.1, 0.15) is 5.56 Å². The minimum absolute atomic E-state index is 0.0542. The number of anilines is 1. The fraction of sp³-hybridized carbons (Fsp3) is 0. The quantitative estimate of drug-likeness (QED) is 0.241. The Morgan fingerprint density at radius 3 is 2.86 bits per heavy atom. The molecule has 0 aliphatic carbocycles. The first kappa shape index (κ1) is 10.3. The van der Waals surface area contributed by atoms with Crippen LogP contribution in [0.4, 0.5) is 5.69 Å². The standard InChI is InChI=1S/C8H10N4OS/c9-6-2-1-5(7(13)3-6)4-11-12-8(10)14/h1-4,13H,9H2,(H3,10,12,14). The summed E-state index contributed by atoms with van der Waals surface area (Å²) in [7, 11) is 0. The molecule has 0 aliphatic rings. The number of hydrogen-bond donors (Lipinski definition) is 4. The number of nitrogens with zero attached hydrogens (tertiary/aromatic N) is 1. The number of nitrogen functional groups attached to an aromatic ring is 1. The Balaban J connectivity index is 2.76. The molecule has 0 saturated heterocycles. The molecule has 14 heavy (non-hydrogen) atoms. The lowest BCUT2D eigenvalue weighted by molar-refractivity contribution is 0.475. The normalized spacial score (nSPS) is 10.3. The molecule has 0 amide bonds. The van der Waals surface area contributed by atoms with Gasteiger partial charge in [0.25, 0.3) is 0 Å². The highest BCUT2D eigenvalue weighted by Crippen LogP contribution is 2.17. The third-order valence-electron chi connectivity index (χ3n) is 1.43. The number of rotatable bonds is 2. The van der Waals surface area contributed by atoms with Gasteiger partial charge in [0.05, 0.1) is 6.21 Å². The Morgan fingerprint density at radius 2 is 2.29 bits per heavy atom. The van der Waals surface area contributed by atoms with Crippen molar-refractivity contribution in [3.63, 3.8) is 0 Å². The Labute approximate surface area is 86.4 Å². The van der Waals surface area contributed by atoms with Crippen LogP contribution < -0.4 is 16.9 Å². The molecule has 0 heterocycles. The maximum absolute atomic E-state index is 9.39. The van der Waals surface area contributed by atoms with Crippen molar-refractivity contribution < 1.29 is 5.11 Å². The number of nitrogens with two attached hydrogens (primary N) is 2. The van der Waals surface area contributed by atoms with Crippen LogP contribution in [0, 0.1) is 0 Å². The minimum Gasteiger partial charge on any atom is -0.507 e. The van der Waals surface area contributed by atoms with Gasteiger partial charge in [-0.1, -0.05) is 0 Å². The van der Waals surface area contributed by atoms with Gasteiger partial charge in [-0.15, -0.1) is 0 Å². The average Bonchev–Trinajstić information content (AvgIpc) is 2.08. The van der Waals surface area contributed by atoms with Crippen LogP contribution in [0.5, 0.6) is 5.75 Å². The highest BCUT2D eigenvalue weighted by molar-refractivity contribution is 7.80. The molecule has 1 aromatic carbocycles. The van der Waals surface area contributed by atoms with Gasteiger partial charge in [-0.3, -0.25) is 5.43 Å². The van der Waals surface area contributed by atoms with E-state index in [1.54, 1.807) is 12.1 Å². The number of aromatic hydroxyl groups is 1. The van der Waals surface area contributed by atoms with E-state index in [0.29, 0.717) is 11.3 Å². The molecule has 0 bridgehead atoms. The van der Waals surface area contributed by atoms with Crippen molar-refractivity contribution in [3.8, 4) is 5.75 Å². The highest BCUT2D eigenvalue weighted by Gasteiger charge is 1.97. The van der Waals surface area contributed by atoms with Gasteiger partial charge in [0, 0.05) is 17.3 Å². The maximum Gasteiger partial charge on any atom is 0.184 e. The number of nitrogens with one attached hydrogen (secondary N) is 1. The lowest BCUT2D eigenvalue weighted by Gasteiger charge is -1.99. The first-order valence-corrected chi connectivity index (χ1v) is 4.17. The summed E-state index contributed by atoms with van der Waals surface area (Å²) in [5, 5.41) is 13.1. The van der Waals surface area contributed by atoms with Gasteiger partial charge in [-0.2, -0.15) is 5.10 Å². The first-order chi connectivity index (χ1) is 6.59. The highest BCUT2D eigenvalue weighted by atomic mass is 32.1. The Hall–Kier alpha value is -1.82. The molecule has 0 aliphatic heterocycles. The molecule has 0 fully saturated rings. The first-order valence-electron chi connectivity index (χ1n) is 3.76. The fourth-order valence-corrected chi connectivity index (χ4v) is 0.888. The number of thiocarbonyl (C=S) groups is 1. The zero-order valence-electron chi connectivity index (χ0n) is 7.27. The van der Waals surface area contributed by atoms with E-state index >= 15 is 0 Å².